The second-order valence-corrected chi connectivity index (χ2v) is 6.23. The minimum Gasteiger partial charge on any atom is -0.452 e. The molecule has 0 saturated carbocycles. The van der Waals surface area contributed by atoms with Crippen LogP contribution >= 0.6 is 31.9 Å². The molecule has 1 amide bonds. The van der Waals surface area contributed by atoms with E-state index in [0.29, 0.717) is 28.2 Å². The lowest BCUT2D eigenvalue weighted by Crippen LogP contribution is -2.27. The Morgan fingerprint density at radius 1 is 1.35 bits per heavy atom. The van der Waals surface area contributed by atoms with Gasteiger partial charge in [0.15, 0.2) is 4.67 Å². The van der Waals surface area contributed by atoms with Crippen LogP contribution in [-0.2, 0) is 6.54 Å². The highest BCUT2D eigenvalue weighted by Crippen LogP contribution is 2.24. The molecule has 0 fully saturated rings. The van der Waals surface area contributed by atoms with Crippen molar-refractivity contribution in [3.63, 3.8) is 0 Å². The van der Waals surface area contributed by atoms with Gasteiger partial charge < -0.3 is 15.1 Å². The van der Waals surface area contributed by atoms with Gasteiger partial charge in [-0.3, -0.25) is 4.79 Å². The van der Waals surface area contributed by atoms with Crippen LogP contribution in [-0.4, -0.2) is 17.9 Å². The fourth-order valence-electron chi connectivity index (χ4n) is 1.87. The number of rotatable bonds is 3. The van der Waals surface area contributed by atoms with E-state index in [4.69, 9.17) is 10.2 Å². The highest BCUT2D eigenvalue weighted by atomic mass is 79.9. The van der Waals surface area contributed by atoms with E-state index in [0.717, 1.165) is 10.0 Å². The number of anilines is 1. The summed E-state index contributed by atoms with van der Waals surface area (Å²) in [5, 5.41) is 0. The normalized spacial score (nSPS) is 10.6. The van der Waals surface area contributed by atoms with Gasteiger partial charge in [0, 0.05) is 22.8 Å². The minimum absolute atomic E-state index is 0.0944. The predicted molar refractivity (Wildman–Crippen MR) is 85.5 cm³/mol. The summed E-state index contributed by atoms with van der Waals surface area (Å²) in [6.07, 6.45) is 0. The first-order valence-electron chi connectivity index (χ1n) is 5.93. The number of hydrogen-bond donors (Lipinski definition) is 1. The molecule has 0 saturated heterocycles. The number of nitrogens with two attached hydrogens (primary N) is 1. The maximum atomic E-state index is 12.5. The topological polar surface area (TPSA) is 59.5 Å². The van der Waals surface area contributed by atoms with E-state index >= 15 is 0 Å². The molecule has 0 aliphatic heterocycles. The van der Waals surface area contributed by atoms with E-state index in [1.54, 1.807) is 30.1 Å². The largest absolute Gasteiger partial charge is 0.452 e. The second-order valence-electron chi connectivity index (χ2n) is 4.53. The van der Waals surface area contributed by atoms with Crippen LogP contribution in [0.2, 0.25) is 0 Å². The maximum absolute atomic E-state index is 12.5. The molecule has 1 heterocycles. The Kier molecular flexibility index (Phi) is 4.55. The zero-order chi connectivity index (χ0) is 14.9. The van der Waals surface area contributed by atoms with E-state index < -0.39 is 0 Å². The molecule has 1 aromatic heterocycles. The van der Waals surface area contributed by atoms with Crippen LogP contribution in [0.3, 0.4) is 0 Å². The Balaban J connectivity index is 2.22. The molecule has 0 spiro atoms. The average molecular weight is 402 g/mol. The van der Waals surface area contributed by atoms with Gasteiger partial charge in [0.25, 0.3) is 5.91 Å². The van der Waals surface area contributed by atoms with Gasteiger partial charge >= 0.3 is 0 Å². The van der Waals surface area contributed by atoms with Crippen LogP contribution in [0.25, 0.3) is 0 Å². The van der Waals surface area contributed by atoms with Gasteiger partial charge in [-0.1, -0.05) is 15.9 Å². The standard InChI is InChI=1S/C14H14Br2N2O2/c1-8-11(5-9(15)6-12(8)17)14(19)18(2)7-10-3-4-13(16)20-10/h3-6H,7,17H2,1-2H3. The third-order valence-electron chi connectivity index (χ3n) is 3.01. The van der Waals surface area contributed by atoms with Crippen LogP contribution in [0.15, 0.2) is 37.8 Å². The van der Waals surface area contributed by atoms with Gasteiger partial charge in [0.05, 0.1) is 6.54 Å². The summed E-state index contributed by atoms with van der Waals surface area (Å²) >= 11 is 6.60. The molecule has 0 aliphatic rings. The number of nitrogens with zero attached hydrogens (tertiary/aromatic N) is 1. The molecular weight excluding hydrogens is 388 g/mol. The summed E-state index contributed by atoms with van der Waals surface area (Å²) in [7, 11) is 1.73. The molecule has 106 valence electrons. The minimum atomic E-state index is -0.0944. The van der Waals surface area contributed by atoms with Crippen molar-refractivity contribution < 1.29 is 9.21 Å². The lowest BCUT2D eigenvalue weighted by molar-refractivity contribution is 0.0774. The number of amides is 1. The molecule has 0 aliphatic carbocycles. The number of carbonyl (C=O) groups is 1. The average Bonchev–Trinajstić information content (AvgIpc) is 2.78. The summed E-state index contributed by atoms with van der Waals surface area (Å²) in [4.78, 5) is 14.1. The van der Waals surface area contributed by atoms with Crippen molar-refractivity contribution in [2.24, 2.45) is 0 Å². The van der Waals surface area contributed by atoms with Crippen LogP contribution in [0.4, 0.5) is 5.69 Å². The third-order valence-corrected chi connectivity index (χ3v) is 3.90. The smallest absolute Gasteiger partial charge is 0.254 e. The van der Waals surface area contributed by atoms with E-state index in [2.05, 4.69) is 31.9 Å². The summed E-state index contributed by atoms with van der Waals surface area (Å²) in [5.41, 5.74) is 7.86. The highest BCUT2D eigenvalue weighted by molar-refractivity contribution is 9.10. The molecule has 2 N–H and O–H groups in total. The monoisotopic (exact) mass is 400 g/mol. The lowest BCUT2D eigenvalue weighted by atomic mass is 10.1. The fraction of sp³-hybridized carbons (Fsp3) is 0.214. The molecule has 0 atom stereocenters. The third kappa shape index (κ3) is 3.24. The number of hydrogen-bond acceptors (Lipinski definition) is 3. The zero-order valence-corrected chi connectivity index (χ0v) is 14.3. The quantitative estimate of drug-likeness (QED) is 0.791. The summed E-state index contributed by atoms with van der Waals surface area (Å²) in [5.74, 6) is 0.622. The Bertz CT molecular complexity index is 653. The van der Waals surface area contributed by atoms with Crippen molar-refractivity contribution in [3.05, 3.63) is 50.3 Å². The molecule has 6 heteroatoms. The van der Waals surface area contributed by atoms with Crippen molar-refractivity contribution in [1.82, 2.24) is 4.90 Å². The summed E-state index contributed by atoms with van der Waals surface area (Å²) in [6.45, 7) is 2.24. The van der Waals surface area contributed by atoms with Crippen molar-refractivity contribution in [1.29, 1.82) is 0 Å². The predicted octanol–water partition coefficient (Wildman–Crippen LogP) is 3.97. The van der Waals surface area contributed by atoms with Crippen LogP contribution < -0.4 is 5.73 Å². The first-order chi connectivity index (χ1) is 9.38. The molecule has 0 bridgehead atoms. The van der Waals surface area contributed by atoms with Gasteiger partial charge in [-0.25, -0.2) is 0 Å². The molecule has 1 aromatic carbocycles. The van der Waals surface area contributed by atoms with Crippen LogP contribution in [0, 0.1) is 6.92 Å². The second kappa shape index (κ2) is 6.01. The van der Waals surface area contributed by atoms with Crippen molar-refractivity contribution >= 4 is 43.5 Å². The number of benzene rings is 1. The van der Waals surface area contributed by atoms with Crippen LogP contribution in [0.5, 0.6) is 0 Å². The van der Waals surface area contributed by atoms with E-state index in [1.165, 1.54) is 0 Å². The van der Waals surface area contributed by atoms with Crippen molar-refractivity contribution in [2.75, 3.05) is 12.8 Å². The molecule has 0 radical (unpaired) electrons. The lowest BCUT2D eigenvalue weighted by Gasteiger charge is -2.18. The first-order valence-corrected chi connectivity index (χ1v) is 7.52. The molecule has 0 unspecified atom stereocenters. The number of carbonyl (C=O) groups excluding carboxylic acids is 1. The van der Waals surface area contributed by atoms with Gasteiger partial charge in [0.1, 0.15) is 5.76 Å². The van der Waals surface area contributed by atoms with E-state index in [1.807, 2.05) is 13.0 Å². The van der Waals surface area contributed by atoms with E-state index in [9.17, 15) is 4.79 Å². The van der Waals surface area contributed by atoms with Gasteiger partial charge in [-0.2, -0.15) is 0 Å². The van der Waals surface area contributed by atoms with Gasteiger partial charge in [-0.15, -0.1) is 0 Å². The van der Waals surface area contributed by atoms with E-state index in [-0.39, 0.29) is 5.91 Å². The number of furan rings is 1. The van der Waals surface area contributed by atoms with Gasteiger partial charge in [0.2, 0.25) is 0 Å². The highest BCUT2D eigenvalue weighted by Gasteiger charge is 2.17. The Morgan fingerprint density at radius 2 is 2.05 bits per heavy atom. The maximum Gasteiger partial charge on any atom is 0.254 e. The molecule has 2 rings (SSSR count). The Morgan fingerprint density at radius 3 is 2.65 bits per heavy atom. The zero-order valence-electron chi connectivity index (χ0n) is 11.1. The van der Waals surface area contributed by atoms with Crippen molar-refractivity contribution in [3.8, 4) is 0 Å². The Hall–Kier alpha value is -1.27. The summed E-state index contributed by atoms with van der Waals surface area (Å²) in [6, 6.07) is 7.20. The van der Waals surface area contributed by atoms with Crippen molar-refractivity contribution in [2.45, 2.75) is 13.5 Å². The molecule has 2 aromatic rings. The van der Waals surface area contributed by atoms with Gasteiger partial charge in [-0.05, 0) is 52.7 Å². The first kappa shape index (κ1) is 15.1. The fourth-order valence-corrected chi connectivity index (χ4v) is 2.69. The molecular formula is C14H14Br2N2O2. The SMILES string of the molecule is Cc1c(N)cc(Br)cc1C(=O)N(C)Cc1ccc(Br)o1. The molecule has 20 heavy (non-hydrogen) atoms. The van der Waals surface area contributed by atoms with Crippen LogP contribution in [0.1, 0.15) is 21.7 Å². The summed E-state index contributed by atoms with van der Waals surface area (Å²) < 4.78 is 6.85. The number of halogens is 2. The molecule has 4 nitrogen and oxygen atoms in total. The Labute approximate surface area is 134 Å². The number of nitrogen functional groups attached to an aromatic ring is 1.